The Balaban J connectivity index is 5.32. The third-order valence-corrected chi connectivity index (χ3v) is 20.3. The zero-order valence-corrected chi connectivity index (χ0v) is 31.9. The van der Waals surface area contributed by atoms with Gasteiger partial charge in [-0.25, -0.2) is 0 Å². The Morgan fingerprint density at radius 2 is 0.711 bits per heavy atom. The Hall–Kier alpha value is 1.67. The van der Waals surface area contributed by atoms with Crippen molar-refractivity contribution in [3.63, 3.8) is 0 Å². The second-order valence-corrected chi connectivity index (χ2v) is 21.5. The summed E-state index contributed by atoms with van der Waals surface area (Å²) in [6.07, 6.45) is 16.6. The molecule has 38 heavy (non-hydrogen) atoms. The first kappa shape index (κ1) is 39.7. The molecule has 0 spiro atoms. The average molecular weight is 647 g/mol. The molecule has 0 aromatic carbocycles. The summed E-state index contributed by atoms with van der Waals surface area (Å²) in [4.78, 5) is 0. The Kier molecular flexibility index (Phi) is 30.0. The maximum absolute atomic E-state index is 6.60. The Morgan fingerprint density at radius 1 is 0.421 bits per heavy atom. The van der Waals surface area contributed by atoms with Crippen molar-refractivity contribution >= 4 is 60.3 Å². The zero-order valence-electron chi connectivity index (χ0n) is 25.8. The predicted molar refractivity (Wildman–Crippen MR) is 185 cm³/mol. The molecule has 0 bridgehead atoms. The average Bonchev–Trinajstić information content (AvgIpc) is 2.93. The van der Waals surface area contributed by atoms with Gasteiger partial charge in [-0.3, -0.25) is 0 Å². The van der Waals surface area contributed by atoms with E-state index < -0.39 is 28.5 Å². The lowest BCUT2D eigenvalue weighted by molar-refractivity contribution is -0.118. The molecule has 0 unspecified atom stereocenters. The van der Waals surface area contributed by atoms with Crippen LogP contribution in [-0.2, 0) is 18.9 Å². The lowest BCUT2D eigenvalue weighted by Gasteiger charge is -2.34. The van der Waals surface area contributed by atoms with E-state index >= 15 is 0 Å². The highest BCUT2D eigenvalue weighted by Gasteiger charge is 2.36. The number of rotatable bonds is 31. The molecule has 0 N–H and O–H groups in total. The number of hydrogen-bond acceptors (Lipinski definition) is 8. The lowest BCUT2D eigenvalue weighted by Crippen LogP contribution is -2.39. The standard InChI is InChI=1S/C28H62O4S4Si2/c1-7-13-17-21-29-27(37-25-11-5,30-22-18-14-8-2)33-35-36-34-28(38-26-12-6,31-23-19-15-9-3)32-24-20-16-10-4/h7-26,37-38H2,1-6H3. The predicted octanol–water partition coefficient (Wildman–Crippen LogP) is 9.71. The van der Waals surface area contributed by atoms with Crippen LogP contribution in [0.5, 0.6) is 0 Å². The highest BCUT2D eigenvalue weighted by Crippen LogP contribution is 2.53. The van der Waals surface area contributed by atoms with E-state index in [1.54, 1.807) is 0 Å². The zero-order chi connectivity index (χ0) is 28.2. The molecule has 4 nitrogen and oxygen atoms in total. The molecule has 0 radical (unpaired) electrons. The van der Waals surface area contributed by atoms with Gasteiger partial charge in [0.25, 0.3) is 0 Å². The van der Waals surface area contributed by atoms with Crippen molar-refractivity contribution in [3.05, 3.63) is 0 Å². The first-order chi connectivity index (χ1) is 18.6. The van der Waals surface area contributed by atoms with E-state index in [4.69, 9.17) is 18.9 Å². The summed E-state index contributed by atoms with van der Waals surface area (Å²) in [7, 11) is 6.24. The molecule has 0 rings (SSSR count). The molecule has 230 valence electrons. The molecule has 0 heterocycles. The quantitative estimate of drug-likeness (QED) is 0.0319. The summed E-state index contributed by atoms with van der Waals surface area (Å²) in [5, 5.41) is 0. The van der Waals surface area contributed by atoms with Crippen molar-refractivity contribution < 1.29 is 18.9 Å². The van der Waals surface area contributed by atoms with Crippen LogP contribution >= 0.6 is 41.2 Å². The first-order valence-electron chi connectivity index (χ1n) is 15.8. The van der Waals surface area contributed by atoms with Crippen LogP contribution in [0.4, 0.5) is 0 Å². The SMILES string of the molecule is CCCCCOC(OCCCCC)([SiH2]CCC)SSSSC(OCCCCC)(OCCCCC)[SiH2]CCC. The molecule has 0 aliphatic heterocycles. The van der Waals surface area contributed by atoms with E-state index in [9.17, 15) is 0 Å². The maximum atomic E-state index is 6.60. The van der Waals surface area contributed by atoms with Crippen molar-refractivity contribution in [3.8, 4) is 0 Å². The van der Waals surface area contributed by atoms with Crippen molar-refractivity contribution in [1.82, 2.24) is 0 Å². The van der Waals surface area contributed by atoms with E-state index in [2.05, 4.69) is 41.5 Å². The third-order valence-electron chi connectivity index (χ3n) is 6.30. The second kappa shape index (κ2) is 28.8. The van der Waals surface area contributed by atoms with Crippen molar-refractivity contribution in [2.24, 2.45) is 0 Å². The summed E-state index contributed by atoms with van der Waals surface area (Å²) in [6, 6.07) is 2.50. The molecule has 0 saturated carbocycles. The molecular formula is C28H62O4S4Si2. The van der Waals surface area contributed by atoms with Crippen molar-refractivity contribution in [2.45, 2.75) is 153 Å². The molecule has 10 heteroatoms. The van der Waals surface area contributed by atoms with E-state index in [-0.39, 0.29) is 0 Å². The van der Waals surface area contributed by atoms with Crippen LogP contribution in [0.1, 0.15) is 131 Å². The molecule has 0 aromatic rings. The number of hydrogen-bond donors (Lipinski definition) is 0. The van der Waals surface area contributed by atoms with Gasteiger partial charge in [0.2, 0.25) is 9.48 Å². The van der Waals surface area contributed by atoms with E-state index in [1.165, 1.54) is 76.3 Å². The highest BCUT2D eigenvalue weighted by molar-refractivity contribution is 9.26. The smallest absolute Gasteiger partial charge is 0.200 e. The molecule has 0 aliphatic rings. The summed E-state index contributed by atoms with van der Waals surface area (Å²) in [5.41, 5.74) is 0. The van der Waals surface area contributed by atoms with Crippen LogP contribution in [0.2, 0.25) is 12.1 Å². The summed E-state index contributed by atoms with van der Waals surface area (Å²) in [6.45, 7) is 16.8. The molecular weight excluding hydrogens is 585 g/mol. The van der Waals surface area contributed by atoms with Crippen molar-refractivity contribution in [1.29, 1.82) is 0 Å². The monoisotopic (exact) mass is 646 g/mol. The third kappa shape index (κ3) is 21.4. The van der Waals surface area contributed by atoms with E-state index in [0.29, 0.717) is 0 Å². The highest BCUT2D eigenvalue weighted by atomic mass is 33.7. The van der Waals surface area contributed by atoms with Crippen LogP contribution in [0, 0.1) is 0 Å². The van der Waals surface area contributed by atoms with Gasteiger partial charge in [-0.05, 0) is 66.9 Å². The van der Waals surface area contributed by atoms with Gasteiger partial charge in [-0.15, -0.1) is 0 Å². The molecule has 0 atom stereocenters. The van der Waals surface area contributed by atoms with Crippen LogP contribution in [0.3, 0.4) is 0 Å². The van der Waals surface area contributed by atoms with Gasteiger partial charge in [0.05, 0.1) is 26.4 Å². The summed E-state index contributed by atoms with van der Waals surface area (Å²) < 4.78 is 25.5. The summed E-state index contributed by atoms with van der Waals surface area (Å²) >= 11 is 0. The Labute approximate surface area is 257 Å². The molecule has 0 saturated heterocycles. The fourth-order valence-electron chi connectivity index (χ4n) is 3.79. The fourth-order valence-corrected chi connectivity index (χ4v) is 18.2. The second-order valence-electron chi connectivity index (χ2n) is 10.1. The number of unbranched alkanes of at least 4 members (excludes halogenated alkanes) is 8. The molecule has 0 aliphatic carbocycles. The minimum atomic E-state index is -0.543. The minimum Gasteiger partial charge on any atom is -0.345 e. The largest absolute Gasteiger partial charge is 0.345 e. The Bertz CT molecular complexity index is 430. The first-order valence-corrected chi connectivity index (χ1v) is 24.1. The fraction of sp³-hybridized carbons (Fsp3) is 1.00. The summed E-state index contributed by atoms with van der Waals surface area (Å²) in [5.74, 6) is 0. The molecule has 0 aromatic heterocycles. The van der Waals surface area contributed by atoms with E-state index in [0.717, 1.165) is 52.1 Å². The van der Waals surface area contributed by atoms with Crippen LogP contribution in [0.25, 0.3) is 0 Å². The van der Waals surface area contributed by atoms with Gasteiger partial charge in [0, 0.05) is 0 Å². The van der Waals surface area contributed by atoms with Gasteiger partial charge < -0.3 is 18.9 Å². The molecule has 0 amide bonds. The molecule has 0 fully saturated rings. The van der Waals surface area contributed by atoms with Gasteiger partial charge >= 0.3 is 0 Å². The Morgan fingerprint density at radius 3 is 0.947 bits per heavy atom. The van der Waals surface area contributed by atoms with Gasteiger partial charge in [0.15, 0.2) is 0 Å². The van der Waals surface area contributed by atoms with Gasteiger partial charge in [-0.1, -0.05) is 118 Å². The topological polar surface area (TPSA) is 36.9 Å². The maximum Gasteiger partial charge on any atom is 0.200 e. The van der Waals surface area contributed by atoms with Crippen LogP contribution in [0.15, 0.2) is 0 Å². The normalized spacial score (nSPS) is 13.1. The van der Waals surface area contributed by atoms with Gasteiger partial charge in [0.1, 0.15) is 19.0 Å². The van der Waals surface area contributed by atoms with Crippen LogP contribution in [-0.4, -0.2) is 55.0 Å². The number of ether oxygens (including phenoxy) is 4. The van der Waals surface area contributed by atoms with Crippen molar-refractivity contribution in [2.75, 3.05) is 26.4 Å². The minimum absolute atomic E-state index is 0.427. The van der Waals surface area contributed by atoms with Gasteiger partial charge in [-0.2, -0.15) is 0 Å². The lowest BCUT2D eigenvalue weighted by atomic mass is 10.3. The van der Waals surface area contributed by atoms with Crippen LogP contribution < -0.4 is 0 Å². The van der Waals surface area contributed by atoms with E-state index in [1.807, 2.05) is 41.2 Å².